The van der Waals surface area contributed by atoms with E-state index >= 15 is 0 Å². The first-order chi connectivity index (χ1) is 26.4. The highest BCUT2D eigenvalue weighted by Crippen LogP contribution is 2.49. The largest absolute Gasteiger partial charge is 0.497 e. The molecule has 9 rings (SSSR count). The lowest BCUT2D eigenvalue weighted by atomic mass is 9.96. The summed E-state index contributed by atoms with van der Waals surface area (Å²) in [6.07, 6.45) is 0. The molecule has 0 atom stereocenters. The third kappa shape index (κ3) is 5.37. The van der Waals surface area contributed by atoms with E-state index in [1.807, 2.05) is 48.5 Å². The third-order valence-corrected chi connectivity index (χ3v) is 10.4. The van der Waals surface area contributed by atoms with Crippen LogP contribution < -0.4 is 30.7 Å². The van der Waals surface area contributed by atoms with E-state index in [1.54, 1.807) is 14.2 Å². The van der Waals surface area contributed by atoms with Crippen molar-refractivity contribution in [3.8, 4) is 11.5 Å². The number of ether oxygens (including phenoxy) is 2. The quantitative estimate of drug-likeness (QED) is 0.153. The number of anilines is 8. The Hall–Kier alpha value is -7.12. The van der Waals surface area contributed by atoms with Gasteiger partial charge in [0.15, 0.2) is 0 Å². The Labute approximate surface area is 313 Å². The minimum Gasteiger partial charge on any atom is -0.497 e. The number of nitrogens with zero attached hydrogens (tertiary/aromatic N) is 3. The maximum atomic E-state index is 6.19. The van der Waals surface area contributed by atoms with Gasteiger partial charge in [-0.1, -0.05) is 48.5 Å². The predicted molar refractivity (Wildman–Crippen MR) is 227 cm³/mol. The molecule has 1 aromatic heterocycles. The number of methoxy groups -OCH3 is 2. The van der Waals surface area contributed by atoms with Gasteiger partial charge in [-0.2, -0.15) is 0 Å². The molecule has 264 valence electrons. The molecular weight excluding hydrogens is 667 g/mol. The number of aromatic nitrogens is 1. The van der Waals surface area contributed by atoms with E-state index < -0.39 is 0 Å². The van der Waals surface area contributed by atoms with Gasteiger partial charge in [0, 0.05) is 62.7 Å². The van der Waals surface area contributed by atoms with Crippen LogP contribution in [0.2, 0.25) is 0 Å². The monoisotopic (exact) mass is 705 g/mol. The second kappa shape index (κ2) is 13.1. The molecule has 8 aromatic carbocycles. The van der Waals surface area contributed by atoms with Crippen molar-refractivity contribution in [1.82, 2.24) is 4.57 Å². The lowest BCUT2D eigenvalue weighted by Gasteiger charge is -2.27. The van der Waals surface area contributed by atoms with E-state index in [4.69, 9.17) is 20.9 Å². The summed E-state index contributed by atoms with van der Waals surface area (Å²) in [5.74, 6) is 1.60. The van der Waals surface area contributed by atoms with Crippen LogP contribution in [0.4, 0.5) is 45.5 Å². The van der Waals surface area contributed by atoms with Gasteiger partial charge >= 0.3 is 0 Å². The average Bonchev–Trinajstić information content (AvgIpc) is 3.51. The Balaban J connectivity index is 1.36. The molecular formula is C47H39N5O2. The molecule has 4 N–H and O–H groups in total. The number of hydrogen-bond acceptors (Lipinski definition) is 6. The second-order valence-corrected chi connectivity index (χ2v) is 13.5. The minimum atomic E-state index is 0.716. The summed E-state index contributed by atoms with van der Waals surface area (Å²) in [6, 6.07) is 54.6. The van der Waals surface area contributed by atoms with E-state index in [1.165, 1.54) is 21.5 Å². The van der Waals surface area contributed by atoms with Gasteiger partial charge in [0.1, 0.15) is 11.5 Å². The second-order valence-electron chi connectivity index (χ2n) is 13.5. The van der Waals surface area contributed by atoms with Gasteiger partial charge < -0.3 is 35.3 Å². The standard InChI is InChI=1S/C47H39N5O2/c1-50-44-28-42(51(32-16-12-30(48)13-17-32)34-20-24-36(53-2)25-21-34)38-8-4-6-10-40(38)46(44)47-41-11-7-5-9-39(41)43(29-45(47)50)52(33-18-14-31(49)15-19-33)35-22-26-37(54-3)27-23-35/h4-29H,48-49H2,1-3H3. The maximum Gasteiger partial charge on any atom is 0.119 e. The van der Waals surface area contributed by atoms with Crippen molar-refractivity contribution in [3.63, 3.8) is 0 Å². The van der Waals surface area contributed by atoms with Gasteiger partial charge in [0.25, 0.3) is 0 Å². The Morgan fingerprint density at radius 3 is 1.07 bits per heavy atom. The highest BCUT2D eigenvalue weighted by Gasteiger charge is 2.24. The molecule has 1 heterocycles. The number of hydrogen-bond donors (Lipinski definition) is 2. The molecule has 9 aromatic rings. The van der Waals surface area contributed by atoms with Crippen LogP contribution in [0.25, 0.3) is 43.4 Å². The molecule has 0 radical (unpaired) electrons. The first-order valence-corrected chi connectivity index (χ1v) is 17.9. The van der Waals surface area contributed by atoms with Gasteiger partial charge in [-0.05, 0) is 120 Å². The number of nitrogens with two attached hydrogens (primary N) is 2. The van der Waals surface area contributed by atoms with E-state index in [0.29, 0.717) is 11.4 Å². The molecule has 7 nitrogen and oxygen atoms in total. The molecule has 0 spiro atoms. The molecule has 54 heavy (non-hydrogen) atoms. The summed E-state index contributed by atoms with van der Waals surface area (Å²) < 4.78 is 13.4. The SMILES string of the molecule is COc1ccc(N(c2ccc(N)cc2)c2cc3c(c4ccccc24)c2c4ccccc4c(N(c4ccc(N)cc4)c4ccc(OC)cc4)cc2n3C)cc1. The van der Waals surface area contributed by atoms with Crippen molar-refractivity contribution >= 4 is 88.8 Å². The van der Waals surface area contributed by atoms with Crippen LogP contribution >= 0.6 is 0 Å². The number of fused-ring (bicyclic) bond motifs is 7. The molecule has 0 amide bonds. The fourth-order valence-corrected chi connectivity index (χ4v) is 7.80. The van der Waals surface area contributed by atoms with Crippen LogP contribution in [-0.2, 0) is 7.05 Å². The fraction of sp³-hybridized carbons (Fsp3) is 0.0638. The fourth-order valence-electron chi connectivity index (χ4n) is 7.80. The molecule has 0 aliphatic rings. The van der Waals surface area contributed by atoms with Gasteiger partial charge in [0.05, 0.1) is 36.6 Å². The van der Waals surface area contributed by atoms with Crippen LogP contribution in [-0.4, -0.2) is 18.8 Å². The van der Waals surface area contributed by atoms with E-state index in [-0.39, 0.29) is 0 Å². The highest BCUT2D eigenvalue weighted by atomic mass is 16.5. The zero-order chi connectivity index (χ0) is 36.9. The van der Waals surface area contributed by atoms with Crippen LogP contribution in [0.15, 0.2) is 158 Å². The number of rotatable bonds is 8. The topological polar surface area (TPSA) is 81.9 Å². The summed E-state index contributed by atoms with van der Waals surface area (Å²) in [6.45, 7) is 0. The minimum absolute atomic E-state index is 0.716. The zero-order valence-electron chi connectivity index (χ0n) is 30.3. The van der Waals surface area contributed by atoms with Crippen molar-refractivity contribution in [2.45, 2.75) is 0 Å². The summed E-state index contributed by atoms with van der Waals surface area (Å²) in [5, 5.41) is 7.05. The zero-order valence-corrected chi connectivity index (χ0v) is 30.3. The van der Waals surface area contributed by atoms with Crippen LogP contribution in [0.3, 0.4) is 0 Å². The van der Waals surface area contributed by atoms with Gasteiger partial charge in [-0.15, -0.1) is 0 Å². The van der Waals surface area contributed by atoms with Crippen LogP contribution in [0.1, 0.15) is 0 Å². The highest BCUT2D eigenvalue weighted by molar-refractivity contribution is 6.31. The van der Waals surface area contributed by atoms with Crippen molar-refractivity contribution in [2.24, 2.45) is 7.05 Å². The van der Waals surface area contributed by atoms with Gasteiger partial charge in [-0.25, -0.2) is 0 Å². The third-order valence-electron chi connectivity index (χ3n) is 10.4. The predicted octanol–water partition coefficient (Wildman–Crippen LogP) is 11.8. The molecule has 0 saturated carbocycles. The first kappa shape index (κ1) is 32.8. The summed E-state index contributed by atoms with van der Waals surface area (Å²) in [7, 11) is 5.55. The van der Waals surface area contributed by atoms with Crippen molar-refractivity contribution in [1.29, 1.82) is 0 Å². The Bertz CT molecular complexity index is 2620. The number of aryl methyl sites for hydroxylation is 1. The Morgan fingerprint density at radius 2 is 0.741 bits per heavy atom. The summed E-state index contributed by atoms with van der Waals surface area (Å²) in [4.78, 5) is 4.60. The number of benzene rings is 8. The normalized spacial score (nSPS) is 11.4. The van der Waals surface area contributed by atoms with Crippen molar-refractivity contribution in [2.75, 3.05) is 35.5 Å². The van der Waals surface area contributed by atoms with Crippen molar-refractivity contribution < 1.29 is 9.47 Å². The smallest absolute Gasteiger partial charge is 0.119 e. The molecule has 0 bridgehead atoms. The van der Waals surface area contributed by atoms with Gasteiger partial charge in [0.2, 0.25) is 0 Å². The average molecular weight is 706 g/mol. The lowest BCUT2D eigenvalue weighted by Crippen LogP contribution is -2.11. The van der Waals surface area contributed by atoms with Crippen LogP contribution in [0, 0.1) is 0 Å². The van der Waals surface area contributed by atoms with Gasteiger partial charge in [-0.3, -0.25) is 0 Å². The maximum absolute atomic E-state index is 6.19. The Morgan fingerprint density at radius 1 is 0.426 bits per heavy atom. The molecule has 0 fully saturated rings. The number of nitrogen functional groups attached to an aromatic ring is 2. The summed E-state index contributed by atoms with van der Waals surface area (Å²) in [5.41, 5.74) is 22.2. The molecule has 0 saturated heterocycles. The molecule has 0 aliphatic carbocycles. The Kier molecular flexibility index (Phi) is 7.97. The van der Waals surface area contributed by atoms with Crippen LogP contribution in [0.5, 0.6) is 11.5 Å². The summed E-state index contributed by atoms with van der Waals surface area (Å²) >= 11 is 0. The lowest BCUT2D eigenvalue weighted by molar-refractivity contribution is 0.414. The van der Waals surface area contributed by atoms with E-state index in [9.17, 15) is 0 Å². The molecule has 7 heteroatoms. The van der Waals surface area contributed by atoms with E-state index in [2.05, 4.69) is 131 Å². The molecule has 0 aliphatic heterocycles. The first-order valence-electron chi connectivity index (χ1n) is 17.9. The van der Waals surface area contributed by atoms with Crippen molar-refractivity contribution in [3.05, 3.63) is 158 Å². The van der Waals surface area contributed by atoms with E-state index in [0.717, 1.165) is 67.4 Å². The molecule has 0 unspecified atom stereocenters.